The van der Waals surface area contributed by atoms with Gasteiger partial charge in [0.15, 0.2) is 0 Å². The molecular weight excluding hydrogens is 293 g/mol. The maximum atomic E-state index is 11.6. The van der Waals surface area contributed by atoms with E-state index in [4.69, 9.17) is 14.9 Å². The van der Waals surface area contributed by atoms with E-state index >= 15 is 0 Å². The highest BCUT2D eigenvalue weighted by Gasteiger charge is 2.13. The molecule has 0 heterocycles. The number of nitro groups is 1. The summed E-state index contributed by atoms with van der Waals surface area (Å²) < 4.78 is 15.2. The fraction of sp³-hybridized carbons (Fsp3) is 0.0667. The summed E-state index contributed by atoms with van der Waals surface area (Å²) in [7, 11) is 0. The quantitative estimate of drug-likeness (QED) is 0.286. The molecule has 0 saturated heterocycles. The first kappa shape index (κ1) is 17.0. The molecule has 0 N–H and O–H groups in total. The van der Waals surface area contributed by atoms with Crippen LogP contribution in [-0.4, -0.2) is 23.7 Å². The average molecular weight is 305 g/mol. The summed E-state index contributed by atoms with van der Waals surface area (Å²) in [6.45, 7) is -1.47. The van der Waals surface area contributed by atoms with Crippen molar-refractivity contribution in [3.8, 4) is 0 Å². The van der Waals surface area contributed by atoms with Crippen molar-refractivity contribution in [3.63, 3.8) is 0 Å². The van der Waals surface area contributed by atoms with Crippen molar-refractivity contribution in [3.05, 3.63) is 81.9 Å². The number of benzene rings is 2. The molecular formula is C15H12FNO5. The van der Waals surface area contributed by atoms with Gasteiger partial charge >= 0.3 is 18.7 Å². The molecule has 0 bridgehead atoms. The van der Waals surface area contributed by atoms with Crippen LogP contribution in [0.3, 0.4) is 0 Å². The number of hydrogen-bond donors (Lipinski definition) is 0. The highest BCUT2D eigenvalue weighted by atomic mass is 19.1. The van der Waals surface area contributed by atoms with Gasteiger partial charge < -0.3 is 4.74 Å². The molecule has 0 fully saturated rings. The van der Waals surface area contributed by atoms with Crippen molar-refractivity contribution in [1.82, 2.24) is 0 Å². The Labute approximate surface area is 125 Å². The molecule has 2 aromatic carbocycles. The van der Waals surface area contributed by atoms with E-state index < -0.39 is 23.7 Å². The van der Waals surface area contributed by atoms with E-state index in [1.165, 1.54) is 0 Å². The molecule has 114 valence electrons. The standard InChI is InChI=1S/C14H10O3.CH2FNO2/c15-13(11-7-3-1-4-8-11)17-14(16)12-9-5-2-6-10-12;2-1-3(4)5/h1-10H;1H2. The van der Waals surface area contributed by atoms with Crippen LogP contribution in [0.2, 0.25) is 0 Å². The first-order valence-corrected chi connectivity index (χ1v) is 6.09. The van der Waals surface area contributed by atoms with Crippen molar-refractivity contribution in [1.29, 1.82) is 0 Å². The van der Waals surface area contributed by atoms with Crippen LogP contribution in [-0.2, 0) is 4.74 Å². The van der Waals surface area contributed by atoms with Crippen LogP contribution >= 0.6 is 0 Å². The predicted octanol–water partition coefficient (Wildman–Crippen LogP) is 2.87. The SMILES string of the molecule is O=C(OC(=O)c1ccccc1)c1ccccc1.O=[N+]([O-])CF. The van der Waals surface area contributed by atoms with Crippen LogP contribution in [0.5, 0.6) is 0 Å². The minimum absolute atomic E-state index is 0.358. The minimum atomic E-state index is -1.47. The summed E-state index contributed by atoms with van der Waals surface area (Å²) in [6.07, 6.45) is 0. The number of esters is 2. The average Bonchev–Trinajstić information content (AvgIpc) is 2.57. The molecule has 2 aromatic rings. The van der Waals surface area contributed by atoms with E-state index in [-0.39, 0.29) is 0 Å². The number of hydrogen-bond acceptors (Lipinski definition) is 5. The van der Waals surface area contributed by atoms with Crippen molar-refractivity contribution in [2.45, 2.75) is 0 Å². The molecule has 0 saturated carbocycles. The summed E-state index contributed by atoms with van der Waals surface area (Å²) in [6, 6.07) is 16.8. The monoisotopic (exact) mass is 305 g/mol. The van der Waals surface area contributed by atoms with Crippen molar-refractivity contribution < 1.29 is 23.6 Å². The molecule has 22 heavy (non-hydrogen) atoms. The van der Waals surface area contributed by atoms with Crippen LogP contribution < -0.4 is 0 Å². The summed E-state index contributed by atoms with van der Waals surface area (Å²) in [4.78, 5) is 30.9. The molecule has 0 aromatic heterocycles. The molecule has 0 aliphatic carbocycles. The molecule has 0 aliphatic heterocycles. The third-order valence-corrected chi connectivity index (χ3v) is 2.30. The second-order valence-corrected chi connectivity index (χ2v) is 3.86. The smallest absolute Gasteiger partial charge is 0.346 e. The number of halogens is 1. The third kappa shape index (κ3) is 5.91. The topological polar surface area (TPSA) is 86.5 Å². The normalized spacial score (nSPS) is 9.14. The molecule has 6 nitrogen and oxygen atoms in total. The van der Waals surface area contributed by atoms with E-state index in [2.05, 4.69) is 0 Å². The summed E-state index contributed by atoms with van der Waals surface area (Å²) in [5, 5.41) is 8.80. The number of nitrogens with zero attached hydrogens (tertiary/aromatic N) is 1. The second kappa shape index (κ2) is 8.96. The zero-order valence-corrected chi connectivity index (χ0v) is 11.3. The van der Waals surface area contributed by atoms with Crippen molar-refractivity contribution in [2.24, 2.45) is 0 Å². The van der Waals surface area contributed by atoms with Gasteiger partial charge in [-0.2, -0.15) is 4.39 Å². The molecule has 7 heteroatoms. The highest BCUT2D eigenvalue weighted by molar-refractivity contribution is 6.02. The van der Waals surface area contributed by atoms with E-state index in [1.54, 1.807) is 60.7 Å². The van der Waals surface area contributed by atoms with Crippen molar-refractivity contribution in [2.75, 3.05) is 6.80 Å². The number of ether oxygens (including phenoxy) is 1. The Bertz CT molecular complexity index is 581. The van der Waals surface area contributed by atoms with E-state index in [9.17, 15) is 14.0 Å². The lowest BCUT2D eigenvalue weighted by Gasteiger charge is -2.02. The lowest BCUT2D eigenvalue weighted by Crippen LogP contribution is -2.12. The Balaban J connectivity index is 0.000000422. The number of carbonyl (C=O) groups is 2. The van der Waals surface area contributed by atoms with Crippen molar-refractivity contribution >= 4 is 11.9 Å². The van der Waals surface area contributed by atoms with Gasteiger partial charge in [-0.05, 0) is 24.3 Å². The summed E-state index contributed by atoms with van der Waals surface area (Å²) in [5.74, 6) is -1.28. The lowest BCUT2D eigenvalue weighted by atomic mass is 10.2. The zero-order chi connectivity index (χ0) is 16.4. The summed E-state index contributed by atoms with van der Waals surface area (Å²) in [5.41, 5.74) is 0.716. The van der Waals surface area contributed by atoms with Crippen LogP contribution in [0, 0.1) is 10.1 Å². The van der Waals surface area contributed by atoms with E-state index in [0.29, 0.717) is 11.1 Å². The molecule has 0 atom stereocenters. The second-order valence-electron chi connectivity index (χ2n) is 3.86. The number of carbonyl (C=O) groups excluding carboxylic acids is 2. The van der Waals surface area contributed by atoms with E-state index in [1.807, 2.05) is 0 Å². The Morgan fingerprint density at radius 2 is 1.23 bits per heavy atom. The Morgan fingerprint density at radius 3 is 1.50 bits per heavy atom. The Morgan fingerprint density at radius 1 is 0.909 bits per heavy atom. The maximum absolute atomic E-state index is 11.6. The number of rotatable bonds is 3. The van der Waals surface area contributed by atoms with Gasteiger partial charge in [-0.3, -0.25) is 10.1 Å². The van der Waals surface area contributed by atoms with Gasteiger partial charge in [-0.1, -0.05) is 36.4 Å². The molecule has 0 unspecified atom stereocenters. The van der Waals surface area contributed by atoms with Crippen LogP contribution in [0.4, 0.5) is 4.39 Å². The number of alkyl halides is 1. The largest absolute Gasteiger partial charge is 0.386 e. The van der Waals surface area contributed by atoms with Gasteiger partial charge in [0.05, 0.1) is 16.1 Å². The van der Waals surface area contributed by atoms with Gasteiger partial charge in [-0.15, -0.1) is 0 Å². The highest BCUT2D eigenvalue weighted by Crippen LogP contribution is 2.05. The van der Waals surface area contributed by atoms with Crippen LogP contribution in [0.25, 0.3) is 0 Å². The fourth-order valence-corrected chi connectivity index (χ4v) is 1.35. The first-order chi connectivity index (χ1) is 10.5. The van der Waals surface area contributed by atoms with Gasteiger partial charge in [0.2, 0.25) is 0 Å². The minimum Gasteiger partial charge on any atom is -0.386 e. The zero-order valence-electron chi connectivity index (χ0n) is 11.3. The fourth-order valence-electron chi connectivity index (χ4n) is 1.35. The maximum Gasteiger partial charge on any atom is 0.346 e. The van der Waals surface area contributed by atoms with Gasteiger partial charge in [-0.25, -0.2) is 9.59 Å². The Hall–Kier alpha value is -3.09. The Kier molecular flexibility index (Phi) is 6.91. The van der Waals surface area contributed by atoms with E-state index in [0.717, 1.165) is 0 Å². The predicted molar refractivity (Wildman–Crippen MR) is 75.6 cm³/mol. The van der Waals surface area contributed by atoms with Gasteiger partial charge in [0.25, 0.3) is 0 Å². The van der Waals surface area contributed by atoms with Crippen LogP contribution in [0.1, 0.15) is 20.7 Å². The molecule has 0 spiro atoms. The molecule has 0 aliphatic rings. The first-order valence-electron chi connectivity index (χ1n) is 6.09. The lowest BCUT2D eigenvalue weighted by molar-refractivity contribution is -0.505. The van der Waals surface area contributed by atoms with Crippen LogP contribution in [0.15, 0.2) is 60.7 Å². The summed E-state index contributed by atoms with van der Waals surface area (Å²) >= 11 is 0. The molecule has 2 rings (SSSR count). The van der Waals surface area contributed by atoms with Gasteiger partial charge in [0, 0.05) is 0 Å². The molecule has 0 radical (unpaired) electrons. The molecule has 0 amide bonds. The van der Waals surface area contributed by atoms with Gasteiger partial charge in [0.1, 0.15) is 0 Å². The third-order valence-electron chi connectivity index (χ3n) is 2.30.